The molecule has 1 saturated heterocycles. The summed E-state index contributed by atoms with van der Waals surface area (Å²) in [4.78, 5) is 4.60. The minimum atomic E-state index is -3.52. The van der Waals surface area contributed by atoms with E-state index < -0.39 is 10.0 Å². The number of rotatable bonds is 3. The fourth-order valence-electron chi connectivity index (χ4n) is 3.44. The molecule has 1 aliphatic rings. The summed E-state index contributed by atoms with van der Waals surface area (Å²) in [5, 5.41) is 0. The molecule has 0 spiro atoms. The van der Waals surface area contributed by atoms with Crippen LogP contribution in [0.5, 0.6) is 0 Å². The Morgan fingerprint density at radius 2 is 1.88 bits per heavy atom. The van der Waals surface area contributed by atoms with E-state index in [1.807, 2.05) is 39.0 Å². The highest BCUT2D eigenvalue weighted by atomic mass is 32.2. The zero-order valence-electron chi connectivity index (χ0n) is 14.5. The van der Waals surface area contributed by atoms with Crippen molar-refractivity contribution < 1.29 is 8.42 Å². The smallest absolute Gasteiger partial charge is 0.243 e. The molecule has 0 bridgehead atoms. The van der Waals surface area contributed by atoms with Crippen molar-refractivity contribution in [1.82, 2.24) is 9.29 Å². The highest BCUT2D eigenvalue weighted by Crippen LogP contribution is 2.36. The summed E-state index contributed by atoms with van der Waals surface area (Å²) in [6, 6.07) is 7.37. The van der Waals surface area contributed by atoms with Gasteiger partial charge in [0.1, 0.15) is 0 Å². The Balaban J connectivity index is 2.06. The Labute approximate surface area is 144 Å². The molecule has 0 N–H and O–H groups in total. The van der Waals surface area contributed by atoms with Crippen LogP contribution < -0.4 is 0 Å². The van der Waals surface area contributed by atoms with E-state index in [2.05, 4.69) is 4.98 Å². The van der Waals surface area contributed by atoms with Gasteiger partial charge in [0.15, 0.2) is 0 Å². The zero-order valence-corrected chi connectivity index (χ0v) is 15.3. The molecule has 1 aliphatic heterocycles. The van der Waals surface area contributed by atoms with E-state index in [1.165, 1.54) is 0 Å². The minimum Gasteiger partial charge on any atom is -0.264 e. The molecule has 1 atom stereocenters. The first-order valence-corrected chi connectivity index (χ1v) is 9.85. The highest BCUT2D eigenvalue weighted by molar-refractivity contribution is 7.89. The molecule has 0 aliphatic carbocycles. The van der Waals surface area contributed by atoms with Crippen molar-refractivity contribution in [3.05, 3.63) is 58.9 Å². The van der Waals surface area contributed by atoms with Crippen LogP contribution in [0.3, 0.4) is 0 Å². The number of hydrogen-bond acceptors (Lipinski definition) is 3. The largest absolute Gasteiger partial charge is 0.264 e. The molecule has 3 rings (SSSR count). The van der Waals surface area contributed by atoms with Gasteiger partial charge in [-0.2, -0.15) is 4.31 Å². The van der Waals surface area contributed by atoms with E-state index in [-0.39, 0.29) is 6.04 Å². The first-order chi connectivity index (χ1) is 11.4. The molecule has 24 heavy (non-hydrogen) atoms. The van der Waals surface area contributed by atoms with E-state index >= 15 is 0 Å². The van der Waals surface area contributed by atoms with Crippen molar-refractivity contribution in [3.63, 3.8) is 0 Å². The predicted molar refractivity (Wildman–Crippen MR) is 95.4 cm³/mol. The van der Waals surface area contributed by atoms with E-state index in [0.717, 1.165) is 41.5 Å². The van der Waals surface area contributed by atoms with Crippen molar-refractivity contribution in [2.75, 3.05) is 6.54 Å². The van der Waals surface area contributed by atoms with Gasteiger partial charge in [0.2, 0.25) is 10.0 Å². The van der Waals surface area contributed by atoms with Gasteiger partial charge in [0, 0.05) is 18.9 Å². The molecule has 0 amide bonds. The highest BCUT2D eigenvalue weighted by Gasteiger charge is 2.35. The summed E-state index contributed by atoms with van der Waals surface area (Å²) in [5.41, 5.74) is 3.99. The SMILES string of the molecule is Cc1ccc(S(=O)(=O)N2CCCC[C@@H]2c2cccnc2)c(C)c1C. The first kappa shape index (κ1) is 17.1. The van der Waals surface area contributed by atoms with Gasteiger partial charge in [-0.3, -0.25) is 4.98 Å². The normalized spacial score (nSPS) is 19.4. The number of benzene rings is 1. The molecule has 128 valence electrons. The van der Waals surface area contributed by atoms with Crippen LogP contribution in [0.15, 0.2) is 41.6 Å². The van der Waals surface area contributed by atoms with E-state index in [0.29, 0.717) is 11.4 Å². The monoisotopic (exact) mass is 344 g/mol. The second-order valence-electron chi connectivity index (χ2n) is 6.54. The van der Waals surface area contributed by atoms with E-state index in [9.17, 15) is 8.42 Å². The third-order valence-corrected chi connectivity index (χ3v) is 7.17. The maximum Gasteiger partial charge on any atom is 0.243 e. The topological polar surface area (TPSA) is 50.3 Å². The minimum absolute atomic E-state index is 0.126. The number of pyridine rings is 1. The summed E-state index contributed by atoms with van der Waals surface area (Å²) in [5.74, 6) is 0. The Morgan fingerprint density at radius 1 is 1.08 bits per heavy atom. The number of aryl methyl sites for hydroxylation is 1. The average molecular weight is 344 g/mol. The lowest BCUT2D eigenvalue weighted by Gasteiger charge is -2.35. The van der Waals surface area contributed by atoms with Crippen molar-refractivity contribution in [2.45, 2.75) is 51.0 Å². The lowest BCUT2D eigenvalue weighted by Crippen LogP contribution is -2.38. The van der Waals surface area contributed by atoms with Gasteiger partial charge in [-0.15, -0.1) is 0 Å². The molecule has 1 aromatic heterocycles. The average Bonchev–Trinajstić information content (AvgIpc) is 2.60. The Bertz CT molecular complexity index is 832. The third-order valence-electron chi connectivity index (χ3n) is 5.12. The van der Waals surface area contributed by atoms with Crippen LogP contribution in [-0.4, -0.2) is 24.3 Å². The molecule has 2 heterocycles. The molecule has 0 unspecified atom stereocenters. The number of nitrogens with zero attached hydrogens (tertiary/aromatic N) is 2. The standard InChI is InChI=1S/C19H24N2O2S/c1-14-9-10-19(16(3)15(14)2)24(22,23)21-12-5-4-8-18(21)17-7-6-11-20-13-17/h6-7,9-11,13,18H,4-5,8,12H2,1-3H3/t18-/m1/s1. The second kappa shape index (κ2) is 6.65. The van der Waals surface area contributed by atoms with Crippen molar-refractivity contribution in [3.8, 4) is 0 Å². The maximum absolute atomic E-state index is 13.4. The molecular weight excluding hydrogens is 320 g/mol. The van der Waals surface area contributed by atoms with Gasteiger partial charge in [0.05, 0.1) is 10.9 Å². The van der Waals surface area contributed by atoms with Crippen LogP contribution in [0.2, 0.25) is 0 Å². The van der Waals surface area contributed by atoms with E-state index in [1.54, 1.807) is 22.8 Å². The van der Waals surface area contributed by atoms with Gasteiger partial charge in [-0.1, -0.05) is 18.6 Å². The number of hydrogen-bond donors (Lipinski definition) is 0. The maximum atomic E-state index is 13.4. The van der Waals surface area contributed by atoms with Crippen LogP contribution in [0, 0.1) is 20.8 Å². The van der Waals surface area contributed by atoms with Crippen LogP contribution in [-0.2, 0) is 10.0 Å². The fraction of sp³-hybridized carbons (Fsp3) is 0.421. The first-order valence-electron chi connectivity index (χ1n) is 8.41. The Kier molecular flexibility index (Phi) is 4.74. The second-order valence-corrected chi connectivity index (χ2v) is 8.40. The van der Waals surface area contributed by atoms with Crippen LogP contribution in [0.25, 0.3) is 0 Å². The summed E-state index contributed by atoms with van der Waals surface area (Å²) in [7, 11) is -3.52. The summed E-state index contributed by atoms with van der Waals surface area (Å²) in [6.45, 7) is 6.46. The van der Waals surface area contributed by atoms with Gasteiger partial charge in [0.25, 0.3) is 0 Å². The molecule has 1 fully saturated rings. The molecule has 4 nitrogen and oxygen atoms in total. The van der Waals surface area contributed by atoms with Crippen molar-refractivity contribution in [2.24, 2.45) is 0 Å². The number of piperidine rings is 1. The molecule has 2 aromatic rings. The summed E-state index contributed by atoms with van der Waals surface area (Å²) < 4.78 is 28.4. The van der Waals surface area contributed by atoms with Crippen molar-refractivity contribution >= 4 is 10.0 Å². The molecule has 1 aromatic carbocycles. The Hall–Kier alpha value is -1.72. The predicted octanol–water partition coefficient (Wildman–Crippen LogP) is 3.92. The number of sulfonamides is 1. The lowest BCUT2D eigenvalue weighted by molar-refractivity contribution is 0.255. The third kappa shape index (κ3) is 2.98. The summed E-state index contributed by atoms with van der Waals surface area (Å²) in [6.07, 6.45) is 6.29. The molecular formula is C19H24N2O2S. The quantitative estimate of drug-likeness (QED) is 0.848. The van der Waals surface area contributed by atoms with Crippen molar-refractivity contribution in [1.29, 1.82) is 0 Å². The molecule has 0 radical (unpaired) electrons. The lowest BCUT2D eigenvalue weighted by atomic mass is 9.99. The van der Waals surface area contributed by atoms with Crippen LogP contribution >= 0.6 is 0 Å². The van der Waals surface area contributed by atoms with Crippen LogP contribution in [0.1, 0.15) is 47.6 Å². The zero-order chi connectivity index (χ0) is 17.3. The Morgan fingerprint density at radius 3 is 2.58 bits per heavy atom. The van der Waals surface area contributed by atoms with Gasteiger partial charge < -0.3 is 0 Å². The van der Waals surface area contributed by atoms with E-state index in [4.69, 9.17) is 0 Å². The number of aromatic nitrogens is 1. The summed E-state index contributed by atoms with van der Waals surface area (Å²) >= 11 is 0. The van der Waals surface area contributed by atoms with Gasteiger partial charge in [-0.25, -0.2) is 8.42 Å². The molecule has 0 saturated carbocycles. The van der Waals surface area contributed by atoms with Gasteiger partial charge >= 0.3 is 0 Å². The molecule has 5 heteroatoms. The van der Waals surface area contributed by atoms with Gasteiger partial charge in [-0.05, 0) is 68.0 Å². The van der Waals surface area contributed by atoms with Crippen LogP contribution in [0.4, 0.5) is 0 Å². The fourth-order valence-corrected chi connectivity index (χ4v) is 5.40.